The van der Waals surface area contributed by atoms with Crippen LogP contribution >= 0.6 is 0 Å². The van der Waals surface area contributed by atoms with Crippen LogP contribution in [0.15, 0.2) is 54.9 Å². The number of pyridine rings is 1. The normalized spacial score (nSPS) is 9.50. The highest BCUT2D eigenvalue weighted by Crippen LogP contribution is 2.10. The van der Waals surface area contributed by atoms with Gasteiger partial charge in [-0.05, 0) is 24.3 Å². The van der Waals surface area contributed by atoms with Crippen molar-refractivity contribution < 1.29 is 9.53 Å². The molecule has 2 aromatic rings. The Morgan fingerprint density at radius 3 is 2.44 bits per heavy atom. The average molecular weight is 214 g/mol. The molecule has 0 aliphatic rings. The lowest BCUT2D eigenvalue weighted by molar-refractivity contribution is 0.215. The summed E-state index contributed by atoms with van der Waals surface area (Å²) in [6.45, 7) is 0. The zero-order chi connectivity index (χ0) is 11.2. The summed E-state index contributed by atoms with van der Waals surface area (Å²) in [7, 11) is 0. The minimum absolute atomic E-state index is 0.462. The molecule has 0 saturated heterocycles. The summed E-state index contributed by atoms with van der Waals surface area (Å²) in [6, 6.07) is 12.3. The Kier molecular flexibility index (Phi) is 3.13. The molecular formula is C12H10N2O2. The standard InChI is InChI=1S/C12H10N2O2/c15-12(14-10-4-2-1-3-5-10)16-11-6-8-13-9-7-11/h1-9H,(H,14,15). The molecule has 0 atom stereocenters. The van der Waals surface area contributed by atoms with Crippen LogP contribution in [0.4, 0.5) is 10.5 Å². The van der Waals surface area contributed by atoms with Crippen LogP contribution < -0.4 is 10.1 Å². The lowest BCUT2D eigenvalue weighted by Gasteiger charge is -2.05. The van der Waals surface area contributed by atoms with Gasteiger partial charge in [-0.1, -0.05) is 18.2 Å². The van der Waals surface area contributed by atoms with Gasteiger partial charge in [0.05, 0.1) is 0 Å². The van der Waals surface area contributed by atoms with Crippen molar-refractivity contribution in [3.05, 3.63) is 54.9 Å². The lowest BCUT2D eigenvalue weighted by atomic mass is 10.3. The Hall–Kier alpha value is -2.36. The molecule has 0 aliphatic carbocycles. The van der Waals surface area contributed by atoms with Gasteiger partial charge in [0.15, 0.2) is 0 Å². The Bertz CT molecular complexity index is 413. The van der Waals surface area contributed by atoms with Gasteiger partial charge in [-0.3, -0.25) is 10.3 Å². The molecule has 16 heavy (non-hydrogen) atoms. The fourth-order valence-electron chi connectivity index (χ4n) is 1.18. The third-order valence-electron chi connectivity index (χ3n) is 1.88. The van der Waals surface area contributed by atoms with Crippen molar-refractivity contribution in [1.82, 2.24) is 4.98 Å². The molecule has 1 heterocycles. The number of carbonyl (C=O) groups is 1. The van der Waals surface area contributed by atoms with E-state index >= 15 is 0 Å². The van der Waals surface area contributed by atoms with Crippen molar-refractivity contribution in [1.29, 1.82) is 0 Å². The minimum atomic E-state index is -0.516. The second kappa shape index (κ2) is 4.93. The first-order valence-electron chi connectivity index (χ1n) is 4.78. The van der Waals surface area contributed by atoms with E-state index in [2.05, 4.69) is 10.3 Å². The first kappa shape index (κ1) is 10.2. The second-order valence-electron chi connectivity index (χ2n) is 3.06. The predicted octanol–water partition coefficient (Wildman–Crippen LogP) is 2.69. The molecule has 1 N–H and O–H groups in total. The molecule has 4 heteroatoms. The van der Waals surface area contributed by atoms with Crippen LogP contribution in [0.25, 0.3) is 0 Å². The summed E-state index contributed by atoms with van der Waals surface area (Å²) in [6.07, 6.45) is 2.60. The van der Waals surface area contributed by atoms with Crippen LogP contribution in [-0.2, 0) is 0 Å². The molecule has 1 aromatic heterocycles. The number of nitrogens with one attached hydrogen (secondary N) is 1. The molecule has 0 saturated carbocycles. The number of anilines is 1. The van der Waals surface area contributed by atoms with Crippen LogP contribution in [0, 0.1) is 0 Å². The van der Waals surface area contributed by atoms with Crippen LogP contribution in [0.3, 0.4) is 0 Å². The van der Waals surface area contributed by atoms with Gasteiger partial charge in [-0.15, -0.1) is 0 Å². The molecule has 4 nitrogen and oxygen atoms in total. The largest absolute Gasteiger partial charge is 0.417 e. The SMILES string of the molecule is O=C(Nc1ccccc1)Oc1ccncc1. The summed E-state index contributed by atoms with van der Waals surface area (Å²) >= 11 is 0. The van der Waals surface area contributed by atoms with Gasteiger partial charge in [-0.2, -0.15) is 0 Å². The number of rotatable bonds is 2. The number of carbonyl (C=O) groups excluding carboxylic acids is 1. The molecule has 0 bridgehead atoms. The van der Waals surface area contributed by atoms with Crippen molar-refractivity contribution in [2.24, 2.45) is 0 Å². The Labute approximate surface area is 92.9 Å². The van der Waals surface area contributed by atoms with E-state index in [1.54, 1.807) is 36.7 Å². The van der Waals surface area contributed by atoms with Crippen LogP contribution in [0.5, 0.6) is 5.75 Å². The maximum Gasteiger partial charge on any atom is 0.417 e. The number of nitrogens with zero attached hydrogens (tertiary/aromatic N) is 1. The van der Waals surface area contributed by atoms with E-state index in [0.29, 0.717) is 11.4 Å². The van der Waals surface area contributed by atoms with Crippen molar-refractivity contribution in [2.75, 3.05) is 5.32 Å². The Morgan fingerprint density at radius 1 is 1.06 bits per heavy atom. The van der Waals surface area contributed by atoms with E-state index in [0.717, 1.165) is 0 Å². The topological polar surface area (TPSA) is 51.2 Å². The molecule has 0 spiro atoms. The smallest absolute Gasteiger partial charge is 0.410 e. The van der Waals surface area contributed by atoms with E-state index in [1.807, 2.05) is 18.2 Å². The molecule has 0 fully saturated rings. The number of para-hydroxylation sites is 1. The number of aromatic nitrogens is 1. The Morgan fingerprint density at radius 2 is 1.75 bits per heavy atom. The van der Waals surface area contributed by atoms with E-state index < -0.39 is 6.09 Å². The summed E-state index contributed by atoms with van der Waals surface area (Å²) < 4.78 is 5.03. The number of ether oxygens (including phenoxy) is 1. The van der Waals surface area contributed by atoms with Gasteiger partial charge in [-0.25, -0.2) is 4.79 Å². The predicted molar refractivity (Wildman–Crippen MR) is 60.3 cm³/mol. The maximum absolute atomic E-state index is 11.4. The summed E-state index contributed by atoms with van der Waals surface area (Å²) in [5, 5.41) is 2.61. The molecule has 0 aliphatic heterocycles. The summed E-state index contributed by atoms with van der Waals surface area (Å²) in [5.41, 5.74) is 0.696. The van der Waals surface area contributed by atoms with Crippen LogP contribution in [-0.4, -0.2) is 11.1 Å². The average Bonchev–Trinajstić information content (AvgIpc) is 2.31. The lowest BCUT2D eigenvalue weighted by Crippen LogP contribution is -2.16. The quantitative estimate of drug-likeness (QED) is 0.836. The first-order chi connectivity index (χ1) is 7.84. The van der Waals surface area contributed by atoms with Gasteiger partial charge in [0.2, 0.25) is 0 Å². The highest BCUT2D eigenvalue weighted by atomic mass is 16.6. The molecule has 80 valence electrons. The van der Waals surface area contributed by atoms with Crippen molar-refractivity contribution in [3.63, 3.8) is 0 Å². The maximum atomic E-state index is 11.4. The van der Waals surface area contributed by atoms with Gasteiger partial charge in [0.25, 0.3) is 0 Å². The zero-order valence-electron chi connectivity index (χ0n) is 8.46. The van der Waals surface area contributed by atoms with E-state index in [4.69, 9.17) is 4.74 Å². The third kappa shape index (κ3) is 2.81. The minimum Gasteiger partial charge on any atom is -0.410 e. The van der Waals surface area contributed by atoms with Crippen molar-refractivity contribution >= 4 is 11.8 Å². The monoisotopic (exact) mass is 214 g/mol. The highest BCUT2D eigenvalue weighted by Gasteiger charge is 2.03. The first-order valence-corrected chi connectivity index (χ1v) is 4.78. The fraction of sp³-hybridized carbons (Fsp3) is 0. The fourth-order valence-corrected chi connectivity index (χ4v) is 1.18. The number of hydrogen-bond acceptors (Lipinski definition) is 3. The second-order valence-corrected chi connectivity index (χ2v) is 3.06. The zero-order valence-corrected chi connectivity index (χ0v) is 8.46. The molecule has 0 unspecified atom stereocenters. The van der Waals surface area contributed by atoms with E-state index in [1.165, 1.54) is 0 Å². The van der Waals surface area contributed by atoms with Crippen LogP contribution in [0.2, 0.25) is 0 Å². The number of amides is 1. The molecule has 1 aromatic carbocycles. The van der Waals surface area contributed by atoms with Crippen molar-refractivity contribution in [3.8, 4) is 5.75 Å². The molecule has 1 amide bonds. The van der Waals surface area contributed by atoms with Gasteiger partial charge in [0.1, 0.15) is 5.75 Å². The summed E-state index contributed by atoms with van der Waals surface area (Å²) in [5.74, 6) is 0.462. The summed E-state index contributed by atoms with van der Waals surface area (Å²) in [4.78, 5) is 15.3. The van der Waals surface area contributed by atoms with E-state index in [9.17, 15) is 4.79 Å². The molecule has 0 radical (unpaired) electrons. The number of hydrogen-bond donors (Lipinski definition) is 1. The van der Waals surface area contributed by atoms with Crippen LogP contribution in [0.1, 0.15) is 0 Å². The molecular weight excluding hydrogens is 204 g/mol. The van der Waals surface area contributed by atoms with Gasteiger partial charge in [0, 0.05) is 18.1 Å². The Balaban J connectivity index is 1.95. The highest BCUT2D eigenvalue weighted by molar-refractivity contribution is 5.86. The van der Waals surface area contributed by atoms with Gasteiger partial charge >= 0.3 is 6.09 Å². The van der Waals surface area contributed by atoms with Crippen molar-refractivity contribution in [2.45, 2.75) is 0 Å². The van der Waals surface area contributed by atoms with Gasteiger partial charge < -0.3 is 4.74 Å². The van der Waals surface area contributed by atoms with E-state index in [-0.39, 0.29) is 0 Å². The molecule has 2 rings (SSSR count). The number of benzene rings is 1. The third-order valence-corrected chi connectivity index (χ3v) is 1.88.